The van der Waals surface area contributed by atoms with Crippen molar-refractivity contribution in [3.05, 3.63) is 16.2 Å². The minimum atomic E-state index is -3.81. The van der Waals surface area contributed by atoms with E-state index in [2.05, 4.69) is 0 Å². The van der Waals surface area contributed by atoms with E-state index < -0.39 is 14.9 Å². The van der Waals surface area contributed by atoms with Gasteiger partial charge >= 0.3 is 5.69 Å². The van der Waals surface area contributed by atoms with Crippen LogP contribution < -0.4 is 5.73 Å². The molecule has 21 heavy (non-hydrogen) atoms. The Balaban J connectivity index is 2.33. The molecule has 8 nitrogen and oxygen atoms in total. The number of rotatable bonds is 7. The molecular weight excluding hydrogens is 318 g/mol. The minimum Gasteiger partial charge on any atom is -0.396 e. The molecule has 10 heteroatoms. The van der Waals surface area contributed by atoms with Crippen LogP contribution in [0.2, 0.25) is 0 Å². The van der Waals surface area contributed by atoms with E-state index >= 15 is 0 Å². The molecule has 1 aliphatic rings. The maximum atomic E-state index is 12.6. The van der Waals surface area contributed by atoms with Crippen molar-refractivity contribution in [1.82, 2.24) is 4.31 Å². The van der Waals surface area contributed by atoms with Crippen molar-refractivity contribution in [2.24, 2.45) is 0 Å². The summed E-state index contributed by atoms with van der Waals surface area (Å²) in [5.74, 6) is 0. The topological polar surface area (TPSA) is 127 Å². The second-order valence-electron chi connectivity index (χ2n) is 4.85. The van der Waals surface area contributed by atoms with E-state index in [0.717, 1.165) is 25.3 Å². The van der Waals surface area contributed by atoms with Gasteiger partial charge in [-0.05, 0) is 19.3 Å². The number of sulfonamides is 1. The zero-order valence-corrected chi connectivity index (χ0v) is 12.9. The zero-order valence-electron chi connectivity index (χ0n) is 11.3. The lowest BCUT2D eigenvalue weighted by atomic mass is 9.93. The van der Waals surface area contributed by atoms with Crippen LogP contribution in [0, 0.1) is 10.1 Å². The Hall–Kier alpha value is -1.23. The summed E-state index contributed by atoms with van der Waals surface area (Å²) in [5.41, 5.74) is 5.14. The number of nitrogen functional groups attached to an aromatic ring is 1. The lowest BCUT2D eigenvalue weighted by molar-refractivity contribution is -0.383. The Bertz CT molecular complexity index is 624. The molecule has 1 saturated carbocycles. The van der Waals surface area contributed by atoms with Gasteiger partial charge in [0.1, 0.15) is 4.21 Å². The van der Waals surface area contributed by atoms with Crippen LogP contribution in [0.3, 0.4) is 0 Å². The van der Waals surface area contributed by atoms with Gasteiger partial charge in [0.15, 0.2) is 5.00 Å². The van der Waals surface area contributed by atoms with Gasteiger partial charge in [0, 0.05) is 25.3 Å². The Morgan fingerprint density at radius 3 is 2.62 bits per heavy atom. The number of nitrogens with zero attached hydrogens (tertiary/aromatic N) is 2. The summed E-state index contributed by atoms with van der Waals surface area (Å²) < 4.78 is 26.5. The van der Waals surface area contributed by atoms with Gasteiger partial charge in [-0.2, -0.15) is 4.31 Å². The maximum absolute atomic E-state index is 12.6. The van der Waals surface area contributed by atoms with Crippen LogP contribution in [0.15, 0.2) is 10.3 Å². The van der Waals surface area contributed by atoms with Gasteiger partial charge < -0.3 is 10.8 Å². The maximum Gasteiger partial charge on any atom is 0.304 e. The Morgan fingerprint density at radius 2 is 2.19 bits per heavy atom. The highest BCUT2D eigenvalue weighted by Gasteiger charge is 2.36. The van der Waals surface area contributed by atoms with Gasteiger partial charge in [-0.1, -0.05) is 17.8 Å². The molecule has 1 aliphatic carbocycles. The third-order valence-electron chi connectivity index (χ3n) is 3.50. The van der Waals surface area contributed by atoms with Crippen LogP contribution >= 0.6 is 11.3 Å². The fraction of sp³-hybridized carbons (Fsp3) is 0.636. The van der Waals surface area contributed by atoms with E-state index in [1.165, 1.54) is 4.31 Å². The highest BCUT2D eigenvalue weighted by molar-refractivity contribution is 7.91. The molecule has 0 aromatic carbocycles. The van der Waals surface area contributed by atoms with Gasteiger partial charge in [-0.25, -0.2) is 8.42 Å². The fourth-order valence-corrected chi connectivity index (χ4v) is 5.23. The van der Waals surface area contributed by atoms with Crippen molar-refractivity contribution in [3.8, 4) is 0 Å². The number of nitrogens with two attached hydrogens (primary N) is 1. The highest BCUT2D eigenvalue weighted by atomic mass is 32.2. The predicted octanol–water partition coefficient (Wildman–Crippen LogP) is 1.16. The average Bonchev–Trinajstić information content (AvgIpc) is 2.74. The second-order valence-corrected chi connectivity index (χ2v) is 8.05. The molecule has 0 bridgehead atoms. The SMILES string of the molecule is Nc1sc(S(=O)(=O)N(CCCO)C2CCC2)cc1[N+](=O)[O-]. The van der Waals surface area contributed by atoms with Crippen LogP contribution in [0.25, 0.3) is 0 Å². The van der Waals surface area contributed by atoms with Crippen molar-refractivity contribution in [2.45, 2.75) is 35.9 Å². The number of thiophene rings is 1. The van der Waals surface area contributed by atoms with Gasteiger partial charge in [-0.3, -0.25) is 10.1 Å². The van der Waals surface area contributed by atoms with Crippen molar-refractivity contribution in [2.75, 3.05) is 18.9 Å². The van der Waals surface area contributed by atoms with Crippen molar-refractivity contribution in [3.63, 3.8) is 0 Å². The summed E-state index contributed by atoms with van der Waals surface area (Å²) >= 11 is 0.707. The second kappa shape index (κ2) is 6.26. The van der Waals surface area contributed by atoms with E-state index in [1.54, 1.807) is 0 Å². The first-order valence-corrected chi connectivity index (χ1v) is 8.80. The summed E-state index contributed by atoms with van der Waals surface area (Å²) in [6.07, 6.45) is 2.84. The third-order valence-corrected chi connectivity index (χ3v) is 6.85. The van der Waals surface area contributed by atoms with Crippen LogP contribution in [0.5, 0.6) is 0 Å². The van der Waals surface area contributed by atoms with E-state index in [9.17, 15) is 18.5 Å². The summed E-state index contributed by atoms with van der Waals surface area (Å²) in [5, 5.41) is 19.6. The minimum absolute atomic E-state index is 0.0936. The molecule has 1 fully saturated rings. The first-order valence-electron chi connectivity index (χ1n) is 6.54. The van der Waals surface area contributed by atoms with E-state index in [0.29, 0.717) is 17.8 Å². The number of aliphatic hydroxyl groups is 1. The molecule has 3 N–H and O–H groups in total. The predicted molar refractivity (Wildman–Crippen MR) is 78.6 cm³/mol. The summed E-state index contributed by atoms with van der Waals surface area (Å²) in [6.45, 7) is 0.0978. The Kier molecular flexibility index (Phi) is 4.81. The molecule has 118 valence electrons. The molecule has 0 amide bonds. The van der Waals surface area contributed by atoms with Crippen LogP contribution in [0.1, 0.15) is 25.7 Å². The van der Waals surface area contributed by atoms with Crippen molar-refractivity contribution in [1.29, 1.82) is 0 Å². The lowest BCUT2D eigenvalue weighted by Gasteiger charge is -2.36. The molecule has 0 aliphatic heterocycles. The van der Waals surface area contributed by atoms with E-state index in [-0.39, 0.29) is 34.1 Å². The van der Waals surface area contributed by atoms with Crippen molar-refractivity contribution < 1.29 is 18.4 Å². The van der Waals surface area contributed by atoms with E-state index in [4.69, 9.17) is 10.8 Å². The molecule has 0 spiro atoms. The van der Waals surface area contributed by atoms with Crippen molar-refractivity contribution >= 4 is 32.0 Å². The molecule has 0 unspecified atom stereocenters. The molecular formula is C11H17N3O5S2. The lowest BCUT2D eigenvalue weighted by Crippen LogP contribution is -2.44. The number of nitro groups is 1. The first kappa shape index (κ1) is 16.1. The molecule has 1 heterocycles. The zero-order chi connectivity index (χ0) is 15.6. The number of hydrogen-bond donors (Lipinski definition) is 2. The quantitative estimate of drug-likeness (QED) is 0.568. The van der Waals surface area contributed by atoms with Crippen LogP contribution in [-0.4, -0.2) is 41.9 Å². The summed E-state index contributed by atoms with van der Waals surface area (Å²) in [6, 6.07) is 0.920. The Morgan fingerprint density at radius 1 is 1.52 bits per heavy atom. The smallest absolute Gasteiger partial charge is 0.304 e. The summed E-state index contributed by atoms with van der Waals surface area (Å²) in [4.78, 5) is 10.1. The number of hydrogen-bond acceptors (Lipinski definition) is 7. The third kappa shape index (κ3) is 3.18. The van der Waals surface area contributed by atoms with Gasteiger partial charge in [-0.15, -0.1) is 0 Å². The number of anilines is 1. The molecule has 1 aromatic heterocycles. The molecule has 1 aromatic rings. The summed E-state index contributed by atoms with van der Waals surface area (Å²) in [7, 11) is -3.81. The normalized spacial score (nSPS) is 16.1. The van der Waals surface area contributed by atoms with Crippen LogP contribution in [-0.2, 0) is 10.0 Å². The number of aliphatic hydroxyl groups excluding tert-OH is 1. The highest BCUT2D eigenvalue weighted by Crippen LogP contribution is 2.38. The fourth-order valence-electron chi connectivity index (χ4n) is 2.16. The van der Waals surface area contributed by atoms with Gasteiger partial charge in [0.05, 0.1) is 4.92 Å². The largest absolute Gasteiger partial charge is 0.396 e. The Labute approximate surface area is 126 Å². The van der Waals surface area contributed by atoms with Gasteiger partial charge in [0.25, 0.3) is 10.0 Å². The molecule has 0 saturated heterocycles. The van der Waals surface area contributed by atoms with Gasteiger partial charge in [0.2, 0.25) is 0 Å². The molecule has 0 atom stereocenters. The molecule has 2 rings (SSSR count). The van der Waals surface area contributed by atoms with Crippen LogP contribution in [0.4, 0.5) is 10.7 Å². The standard InChI is InChI=1S/C11H17N3O5S2/c12-11-9(14(16)17)7-10(20-11)21(18,19)13(5-2-6-15)8-3-1-4-8/h7-8,15H,1-6,12H2. The molecule has 0 radical (unpaired) electrons. The van der Waals surface area contributed by atoms with E-state index in [1.807, 2.05) is 0 Å². The first-order chi connectivity index (χ1) is 9.87. The average molecular weight is 335 g/mol. The monoisotopic (exact) mass is 335 g/mol.